The Bertz CT molecular complexity index is 1120. The predicted molar refractivity (Wildman–Crippen MR) is 120 cm³/mol. The molecule has 2 atom stereocenters. The third kappa shape index (κ3) is 4.44. The lowest BCUT2D eigenvalue weighted by Gasteiger charge is -2.24. The molecule has 2 aromatic carbocycles. The van der Waals surface area contributed by atoms with Crippen LogP contribution in [0.5, 0.6) is 0 Å². The summed E-state index contributed by atoms with van der Waals surface area (Å²) in [6, 6.07) is 11.8. The number of halogens is 3. The molecule has 2 fully saturated rings. The minimum atomic E-state index is -3.15. The van der Waals surface area contributed by atoms with Gasteiger partial charge in [0.05, 0.1) is 34.0 Å². The molecule has 0 saturated carbocycles. The number of anilines is 1. The first-order valence-corrected chi connectivity index (χ1v) is 12.5. The summed E-state index contributed by atoms with van der Waals surface area (Å²) < 4.78 is 24.3. The van der Waals surface area contributed by atoms with Gasteiger partial charge in [0.15, 0.2) is 15.0 Å². The van der Waals surface area contributed by atoms with Crippen molar-refractivity contribution in [2.45, 2.75) is 17.7 Å². The number of hydrogen-bond acceptors (Lipinski definition) is 4. The van der Waals surface area contributed by atoms with Crippen LogP contribution in [0.1, 0.15) is 5.56 Å². The highest BCUT2D eigenvalue weighted by atomic mass is 35.5. The van der Waals surface area contributed by atoms with Gasteiger partial charge in [-0.15, -0.1) is 0 Å². The van der Waals surface area contributed by atoms with Crippen LogP contribution >= 0.6 is 46.6 Å². The molecule has 0 unspecified atom stereocenters. The highest BCUT2D eigenvalue weighted by Crippen LogP contribution is 2.42. The first kappa shape index (κ1) is 21.0. The number of benzene rings is 2. The molecule has 10 heteroatoms. The smallest absolute Gasteiger partial charge is 0.252 e. The summed E-state index contributed by atoms with van der Waals surface area (Å²) in [4.78, 5) is 18.7. The molecule has 1 amide bonds. The van der Waals surface area contributed by atoms with Crippen LogP contribution in [0.25, 0.3) is 0 Å². The maximum Gasteiger partial charge on any atom is 0.252 e. The summed E-state index contributed by atoms with van der Waals surface area (Å²) in [7, 11) is -3.15. The first-order chi connectivity index (χ1) is 13.7. The maximum atomic E-state index is 12.6. The lowest BCUT2D eigenvalue weighted by atomic mass is 10.1. The minimum Gasteiger partial charge on any atom is -0.316 e. The van der Waals surface area contributed by atoms with E-state index in [2.05, 4.69) is 4.99 Å². The number of amidine groups is 1. The lowest BCUT2D eigenvalue weighted by Crippen LogP contribution is -2.37. The molecule has 0 bridgehead atoms. The van der Waals surface area contributed by atoms with Gasteiger partial charge in [0.25, 0.3) is 5.91 Å². The number of thioether (sulfide) groups is 1. The molecule has 29 heavy (non-hydrogen) atoms. The van der Waals surface area contributed by atoms with Crippen molar-refractivity contribution in [3.8, 4) is 0 Å². The average molecular weight is 490 g/mol. The van der Waals surface area contributed by atoms with E-state index < -0.39 is 9.84 Å². The van der Waals surface area contributed by atoms with Crippen LogP contribution < -0.4 is 4.90 Å². The molecule has 2 heterocycles. The van der Waals surface area contributed by atoms with Gasteiger partial charge in [-0.25, -0.2) is 8.42 Å². The van der Waals surface area contributed by atoms with Gasteiger partial charge in [-0.3, -0.25) is 4.79 Å². The number of rotatable bonds is 3. The molecule has 2 aromatic rings. The van der Waals surface area contributed by atoms with E-state index in [1.54, 1.807) is 41.3 Å². The first-order valence-electron chi connectivity index (χ1n) is 8.70. The normalized spacial score (nSPS) is 24.1. The fourth-order valence-electron chi connectivity index (χ4n) is 3.45. The van der Waals surface area contributed by atoms with Crippen LogP contribution in [-0.2, 0) is 21.1 Å². The Labute approximate surface area is 188 Å². The van der Waals surface area contributed by atoms with Crippen molar-refractivity contribution in [3.05, 3.63) is 63.1 Å². The molecular formula is C19H15Cl3N2O3S2. The van der Waals surface area contributed by atoms with Crippen LogP contribution in [-0.4, -0.2) is 42.3 Å². The van der Waals surface area contributed by atoms with Crippen LogP contribution in [0.3, 0.4) is 0 Å². The van der Waals surface area contributed by atoms with E-state index in [1.807, 2.05) is 6.07 Å². The zero-order valence-corrected chi connectivity index (χ0v) is 18.8. The number of sulfone groups is 1. The van der Waals surface area contributed by atoms with E-state index in [0.29, 0.717) is 31.5 Å². The number of fused-ring (bicyclic) bond motifs is 1. The molecule has 0 radical (unpaired) electrons. The van der Waals surface area contributed by atoms with Gasteiger partial charge in [-0.1, -0.05) is 64.8 Å². The van der Waals surface area contributed by atoms with Crippen LogP contribution in [0, 0.1) is 0 Å². The summed E-state index contributed by atoms with van der Waals surface area (Å²) >= 11 is 19.6. The second kappa shape index (κ2) is 8.12. The number of amides is 1. The van der Waals surface area contributed by atoms with E-state index in [9.17, 15) is 13.2 Å². The fourth-order valence-corrected chi connectivity index (χ4v) is 7.88. The molecule has 0 spiro atoms. The third-order valence-corrected chi connectivity index (χ3v) is 9.09. The zero-order valence-electron chi connectivity index (χ0n) is 14.9. The monoisotopic (exact) mass is 488 g/mol. The molecule has 0 N–H and O–H groups in total. The van der Waals surface area contributed by atoms with Gasteiger partial charge in [-0.2, -0.15) is 4.99 Å². The molecule has 2 aliphatic heterocycles. The summed E-state index contributed by atoms with van der Waals surface area (Å²) in [5, 5.41) is 1.52. The Morgan fingerprint density at radius 1 is 1.07 bits per heavy atom. The Balaban J connectivity index is 1.67. The molecule has 4 rings (SSSR count). The van der Waals surface area contributed by atoms with Gasteiger partial charge >= 0.3 is 0 Å². The minimum absolute atomic E-state index is 0.00262. The molecule has 152 valence electrons. The third-order valence-electron chi connectivity index (χ3n) is 4.77. The second-order valence-corrected chi connectivity index (χ2v) is 11.4. The van der Waals surface area contributed by atoms with Gasteiger partial charge < -0.3 is 4.90 Å². The van der Waals surface area contributed by atoms with Crippen LogP contribution in [0.2, 0.25) is 15.1 Å². The topological polar surface area (TPSA) is 66.8 Å². The van der Waals surface area contributed by atoms with Crippen molar-refractivity contribution in [2.24, 2.45) is 4.99 Å². The average Bonchev–Trinajstić information content (AvgIpc) is 3.10. The molecule has 2 saturated heterocycles. The van der Waals surface area contributed by atoms with E-state index >= 15 is 0 Å². The zero-order chi connectivity index (χ0) is 20.8. The molecular weight excluding hydrogens is 475 g/mol. The lowest BCUT2D eigenvalue weighted by molar-refractivity contribution is -0.117. The fraction of sp³-hybridized carbons (Fsp3) is 0.263. The van der Waals surface area contributed by atoms with Gasteiger partial charge in [0, 0.05) is 16.0 Å². The summed E-state index contributed by atoms with van der Waals surface area (Å²) in [6.45, 7) is 0. The summed E-state index contributed by atoms with van der Waals surface area (Å²) in [5.41, 5.74) is 1.34. The van der Waals surface area contributed by atoms with Crippen molar-refractivity contribution in [1.29, 1.82) is 0 Å². The number of carbonyl (C=O) groups excluding carboxylic acids is 1. The van der Waals surface area contributed by atoms with Crippen molar-refractivity contribution in [3.63, 3.8) is 0 Å². The van der Waals surface area contributed by atoms with E-state index in [-0.39, 0.29) is 35.1 Å². The Kier molecular flexibility index (Phi) is 5.88. The largest absolute Gasteiger partial charge is 0.316 e. The Hall–Kier alpha value is -1.25. The van der Waals surface area contributed by atoms with Crippen LogP contribution in [0.4, 0.5) is 5.69 Å². The Morgan fingerprint density at radius 3 is 2.55 bits per heavy atom. The molecule has 0 aliphatic carbocycles. The quantitative estimate of drug-likeness (QED) is 0.635. The summed E-state index contributed by atoms with van der Waals surface area (Å²) in [5.74, 6) is -0.297. The SMILES string of the molecule is O=C(Cc1ccccc1Cl)N=C1S[C@@H]2CS(=O)(=O)C[C@H]2N1c1ccc(Cl)c(Cl)c1. The number of nitrogens with zero attached hydrogens (tertiary/aromatic N) is 2. The van der Waals surface area contributed by atoms with Crippen molar-refractivity contribution >= 4 is 73.2 Å². The highest BCUT2D eigenvalue weighted by Gasteiger charge is 2.49. The predicted octanol–water partition coefficient (Wildman–Crippen LogP) is 4.49. The molecule has 0 aromatic heterocycles. The van der Waals surface area contributed by atoms with Gasteiger partial charge in [-0.05, 0) is 29.8 Å². The number of hydrogen-bond donors (Lipinski definition) is 0. The Morgan fingerprint density at radius 2 is 1.83 bits per heavy atom. The van der Waals surface area contributed by atoms with Gasteiger partial charge in [0.2, 0.25) is 0 Å². The van der Waals surface area contributed by atoms with E-state index in [1.165, 1.54) is 11.8 Å². The van der Waals surface area contributed by atoms with Gasteiger partial charge in [0.1, 0.15) is 0 Å². The van der Waals surface area contributed by atoms with Crippen molar-refractivity contribution < 1.29 is 13.2 Å². The standard InChI is InChI=1S/C19H15Cl3N2O3S2/c20-13-4-2-1-3-11(13)7-18(25)23-19-24(12-5-6-14(21)15(22)8-12)16-9-29(26,27)10-17(16)28-19/h1-6,8,16-17H,7,9-10H2/t16-,17-/m1/s1. The summed E-state index contributed by atoms with van der Waals surface area (Å²) in [6.07, 6.45) is 0.0621. The van der Waals surface area contributed by atoms with Crippen molar-refractivity contribution in [2.75, 3.05) is 16.4 Å². The second-order valence-electron chi connectivity index (χ2n) is 6.83. The van der Waals surface area contributed by atoms with E-state index in [4.69, 9.17) is 34.8 Å². The number of carbonyl (C=O) groups is 1. The van der Waals surface area contributed by atoms with Crippen LogP contribution in [0.15, 0.2) is 47.5 Å². The maximum absolute atomic E-state index is 12.6. The van der Waals surface area contributed by atoms with E-state index in [0.717, 1.165) is 0 Å². The van der Waals surface area contributed by atoms with Crippen molar-refractivity contribution in [1.82, 2.24) is 0 Å². The molecule has 2 aliphatic rings. The molecule has 5 nitrogen and oxygen atoms in total. The number of aliphatic imine (C=N–C) groups is 1. The highest BCUT2D eigenvalue weighted by molar-refractivity contribution is 8.16.